The van der Waals surface area contributed by atoms with Crippen LogP contribution in [0.5, 0.6) is 11.5 Å². The summed E-state index contributed by atoms with van der Waals surface area (Å²) in [6.45, 7) is 22.2. The van der Waals surface area contributed by atoms with Crippen LogP contribution in [0.15, 0.2) is 24.3 Å². The van der Waals surface area contributed by atoms with E-state index < -0.39 is 16.6 Å². The van der Waals surface area contributed by atoms with Gasteiger partial charge in [0, 0.05) is 6.08 Å². The number of esters is 1. The second-order valence-electron chi connectivity index (χ2n) is 10.3. The van der Waals surface area contributed by atoms with Gasteiger partial charge in [0.05, 0.1) is 7.11 Å². The van der Waals surface area contributed by atoms with Gasteiger partial charge in [-0.3, -0.25) is 0 Å². The van der Waals surface area contributed by atoms with Crippen LogP contribution in [-0.4, -0.2) is 29.7 Å². The highest BCUT2D eigenvalue weighted by molar-refractivity contribution is 6.75. The molecule has 0 aliphatic heterocycles. The Balaban J connectivity index is 3.39. The summed E-state index contributed by atoms with van der Waals surface area (Å²) in [5.41, 5.74) is 0.877. The number of ether oxygens (including phenoxy) is 1. The van der Waals surface area contributed by atoms with E-state index >= 15 is 0 Å². The lowest BCUT2D eigenvalue weighted by molar-refractivity contribution is -0.134. The van der Waals surface area contributed by atoms with Gasteiger partial charge in [0.1, 0.15) is 11.5 Å². The molecule has 0 unspecified atom stereocenters. The molecule has 0 spiro atoms. The maximum Gasteiger partial charge on any atom is 0.330 e. The molecule has 0 bridgehead atoms. The number of methoxy groups -OCH3 is 1. The molecule has 0 amide bonds. The van der Waals surface area contributed by atoms with Crippen molar-refractivity contribution in [3.63, 3.8) is 0 Å². The Morgan fingerprint density at radius 1 is 0.857 bits per heavy atom. The summed E-state index contributed by atoms with van der Waals surface area (Å²) >= 11 is 0. The summed E-state index contributed by atoms with van der Waals surface area (Å²) in [6.07, 6.45) is 3.15. The van der Waals surface area contributed by atoms with Crippen LogP contribution in [0.3, 0.4) is 0 Å². The molecule has 158 valence electrons. The van der Waals surface area contributed by atoms with Gasteiger partial charge in [-0.2, -0.15) is 0 Å². The molecular weight excluding hydrogens is 384 g/mol. The number of carbonyl (C=O) groups is 1. The molecule has 0 fully saturated rings. The van der Waals surface area contributed by atoms with Crippen LogP contribution in [-0.2, 0) is 9.53 Å². The monoisotopic (exact) mass is 422 g/mol. The van der Waals surface area contributed by atoms with Gasteiger partial charge in [-0.1, -0.05) is 47.6 Å². The average Bonchev–Trinajstić information content (AvgIpc) is 2.52. The summed E-state index contributed by atoms with van der Waals surface area (Å²) < 4.78 is 17.9. The van der Waals surface area contributed by atoms with Crippen LogP contribution < -0.4 is 8.85 Å². The largest absolute Gasteiger partial charge is 0.541 e. The molecule has 4 nitrogen and oxygen atoms in total. The lowest BCUT2D eigenvalue weighted by atomic mass is 10.2. The van der Waals surface area contributed by atoms with Gasteiger partial charge in [-0.15, -0.1) is 0 Å². The molecule has 0 aliphatic rings. The molecule has 0 atom stereocenters. The predicted molar refractivity (Wildman–Crippen MR) is 123 cm³/mol. The lowest BCUT2D eigenvalue weighted by Crippen LogP contribution is -2.45. The molecule has 0 aromatic heterocycles. The predicted octanol–water partition coefficient (Wildman–Crippen LogP) is 6.64. The van der Waals surface area contributed by atoms with Gasteiger partial charge in [0.15, 0.2) is 0 Å². The second-order valence-corrected chi connectivity index (χ2v) is 19.7. The molecule has 1 aromatic carbocycles. The summed E-state index contributed by atoms with van der Waals surface area (Å²) in [5.74, 6) is 1.16. The van der Waals surface area contributed by atoms with Gasteiger partial charge >= 0.3 is 5.97 Å². The second kappa shape index (κ2) is 8.45. The zero-order chi connectivity index (χ0) is 22.0. The fraction of sp³-hybridized carbons (Fsp3) is 0.591. The molecule has 0 radical (unpaired) electrons. The van der Waals surface area contributed by atoms with E-state index in [0.717, 1.165) is 17.1 Å². The molecule has 0 aliphatic carbocycles. The standard InChI is InChI=1S/C22H38O4Si2/c1-21(2,3)27(8,9)25-18-14-12-17(13-15-20(23)24-7)16-19(18)26-28(10,11)22(4,5)6/h12-16H,1-11H3/b15-13+. The number of benzene rings is 1. The van der Waals surface area contributed by atoms with E-state index in [4.69, 9.17) is 8.85 Å². The third-order valence-corrected chi connectivity index (χ3v) is 14.6. The van der Waals surface area contributed by atoms with Crippen molar-refractivity contribution in [2.75, 3.05) is 7.11 Å². The van der Waals surface area contributed by atoms with E-state index in [9.17, 15) is 4.79 Å². The van der Waals surface area contributed by atoms with Crippen LogP contribution >= 0.6 is 0 Å². The zero-order valence-electron chi connectivity index (χ0n) is 19.5. The molecule has 1 aromatic rings. The Morgan fingerprint density at radius 2 is 1.32 bits per heavy atom. The molecule has 1 rings (SSSR count). The Hall–Kier alpha value is -1.54. The highest BCUT2D eigenvalue weighted by Gasteiger charge is 2.42. The lowest BCUT2D eigenvalue weighted by Gasteiger charge is -2.39. The summed E-state index contributed by atoms with van der Waals surface area (Å²) in [4.78, 5) is 11.4. The molecule has 0 heterocycles. The van der Waals surface area contributed by atoms with Gasteiger partial charge in [-0.25, -0.2) is 4.79 Å². The van der Waals surface area contributed by atoms with E-state index in [-0.39, 0.29) is 16.0 Å². The number of rotatable bonds is 6. The zero-order valence-corrected chi connectivity index (χ0v) is 21.5. The highest BCUT2D eigenvalue weighted by atomic mass is 28.4. The third-order valence-electron chi connectivity index (χ3n) is 5.92. The van der Waals surface area contributed by atoms with Crippen molar-refractivity contribution in [1.82, 2.24) is 0 Å². The molecular formula is C22H38O4Si2. The van der Waals surface area contributed by atoms with Crippen LogP contribution in [0.25, 0.3) is 6.08 Å². The summed E-state index contributed by atoms with van der Waals surface area (Å²) in [6, 6.07) is 5.86. The number of carbonyl (C=O) groups excluding carboxylic acids is 1. The Kier molecular flexibility index (Phi) is 7.40. The topological polar surface area (TPSA) is 44.8 Å². The van der Waals surface area contributed by atoms with E-state index in [2.05, 4.69) is 72.5 Å². The summed E-state index contributed by atoms with van der Waals surface area (Å²) in [5, 5.41) is 0.157. The SMILES string of the molecule is COC(=O)/C=C/c1ccc(O[Si](C)(C)C(C)(C)C)c(O[Si](C)(C)C(C)(C)C)c1. The van der Waals surface area contributed by atoms with Gasteiger partial charge in [-0.05, 0) is 60.0 Å². The Bertz CT molecular complexity index is 723. The smallest absolute Gasteiger partial charge is 0.330 e. The number of hydrogen-bond donors (Lipinski definition) is 0. The molecule has 0 N–H and O–H groups in total. The maximum atomic E-state index is 11.4. The summed E-state index contributed by atoms with van der Waals surface area (Å²) in [7, 11) is -2.70. The normalized spacial score (nSPS) is 13.5. The minimum Gasteiger partial charge on any atom is -0.541 e. The van der Waals surface area contributed by atoms with Crippen molar-refractivity contribution < 1.29 is 18.4 Å². The number of hydrogen-bond acceptors (Lipinski definition) is 4. The fourth-order valence-corrected chi connectivity index (χ4v) is 3.92. The van der Waals surface area contributed by atoms with Crippen molar-refractivity contribution in [2.24, 2.45) is 0 Å². The molecule has 0 saturated heterocycles. The molecule has 28 heavy (non-hydrogen) atoms. The van der Waals surface area contributed by atoms with Crippen LogP contribution in [0, 0.1) is 0 Å². The van der Waals surface area contributed by atoms with E-state index in [1.165, 1.54) is 13.2 Å². The van der Waals surface area contributed by atoms with Crippen molar-refractivity contribution in [3.05, 3.63) is 29.8 Å². The van der Waals surface area contributed by atoms with Crippen molar-refractivity contribution >= 4 is 28.7 Å². The van der Waals surface area contributed by atoms with Gasteiger partial charge in [0.2, 0.25) is 0 Å². The van der Waals surface area contributed by atoms with Gasteiger partial charge in [0.25, 0.3) is 16.6 Å². The van der Waals surface area contributed by atoms with Crippen molar-refractivity contribution in [1.29, 1.82) is 0 Å². The Morgan fingerprint density at radius 3 is 1.75 bits per heavy atom. The fourth-order valence-electron chi connectivity index (χ4n) is 1.88. The van der Waals surface area contributed by atoms with E-state index in [1.54, 1.807) is 6.08 Å². The van der Waals surface area contributed by atoms with Crippen LogP contribution in [0.4, 0.5) is 0 Å². The minimum absolute atomic E-state index is 0.0686. The quantitative estimate of drug-likeness (QED) is 0.293. The van der Waals surface area contributed by atoms with Crippen molar-refractivity contribution in [3.8, 4) is 11.5 Å². The van der Waals surface area contributed by atoms with Crippen LogP contribution in [0.1, 0.15) is 47.1 Å². The average molecular weight is 423 g/mol. The van der Waals surface area contributed by atoms with Crippen molar-refractivity contribution in [2.45, 2.75) is 77.8 Å². The first-order chi connectivity index (χ1) is 12.5. The molecule has 0 saturated carbocycles. The maximum absolute atomic E-state index is 11.4. The molecule has 6 heteroatoms. The highest BCUT2D eigenvalue weighted by Crippen LogP contribution is 2.43. The first kappa shape index (κ1) is 24.5. The third kappa shape index (κ3) is 6.24. The first-order valence-corrected chi connectivity index (χ1v) is 15.6. The van der Waals surface area contributed by atoms with E-state index in [1.807, 2.05) is 18.2 Å². The minimum atomic E-state index is -2.05. The van der Waals surface area contributed by atoms with Gasteiger partial charge < -0.3 is 13.6 Å². The first-order valence-electron chi connectivity index (χ1n) is 9.78. The Labute approximate surface area is 173 Å². The van der Waals surface area contributed by atoms with E-state index in [0.29, 0.717) is 0 Å². The van der Waals surface area contributed by atoms with Crippen LogP contribution in [0.2, 0.25) is 36.3 Å².